The zero-order valence-electron chi connectivity index (χ0n) is 10.9. The molecule has 0 aliphatic carbocycles. The number of halogens is 1. The molecule has 0 saturated carbocycles. The van der Waals surface area contributed by atoms with Crippen LogP contribution >= 0.6 is 12.4 Å². The Labute approximate surface area is 117 Å². The van der Waals surface area contributed by atoms with Crippen molar-refractivity contribution in [1.82, 2.24) is 10.3 Å². The third-order valence-electron chi connectivity index (χ3n) is 3.53. The molecule has 2 N–H and O–H groups in total. The van der Waals surface area contributed by atoms with Crippen LogP contribution in [-0.4, -0.2) is 17.7 Å². The second-order valence-corrected chi connectivity index (χ2v) is 5.47. The topological polar surface area (TPSA) is 54.1 Å². The molecule has 19 heavy (non-hydrogen) atoms. The third kappa shape index (κ3) is 2.40. The lowest BCUT2D eigenvalue weighted by Gasteiger charge is -2.38. The fourth-order valence-corrected chi connectivity index (χ4v) is 2.48. The van der Waals surface area contributed by atoms with Crippen LogP contribution in [-0.2, 0) is 4.74 Å². The molecule has 1 aliphatic heterocycles. The van der Waals surface area contributed by atoms with Crippen molar-refractivity contribution in [1.29, 1.82) is 0 Å². The van der Waals surface area contributed by atoms with Crippen molar-refractivity contribution < 1.29 is 9.53 Å². The molecule has 1 atom stereocenters. The lowest BCUT2D eigenvalue weighted by Crippen LogP contribution is -2.46. The average molecular weight is 281 g/mol. The molecule has 0 bridgehead atoms. The van der Waals surface area contributed by atoms with E-state index in [1.807, 2.05) is 18.3 Å². The van der Waals surface area contributed by atoms with Crippen molar-refractivity contribution in [3.63, 3.8) is 0 Å². The summed E-state index contributed by atoms with van der Waals surface area (Å²) in [5.74, 6) is 0. The number of benzene rings is 1. The van der Waals surface area contributed by atoms with Gasteiger partial charge in [-0.15, -0.1) is 12.4 Å². The number of nitrogens with one attached hydrogen (secondary N) is 2. The highest BCUT2D eigenvalue weighted by molar-refractivity contribution is 5.85. The van der Waals surface area contributed by atoms with Gasteiger partial charge in [0.05, 0.1) is 6.04 Å². The summed E-state index contributed by atoms with van der Waals surface area (Å²) in [5.41, 5.74) is 2.11. The van der Waals surface area contributed by atoms with Gasteiger partial charge in [-0.1, -0.05) is 19.9 Å². The maximum Gasteiger partial charge on any atom is 0.407 e. The summed E-state index contributed by atoms with van der Waals surface area (Å²) < 4.78 is 5.06. The van der Waals surface area contributed by atoms with Gasteiger partial charge in [0.15, 0.2) is 0 Å². The predicted octanol–water partition coefficient (Wildman–Crippen LogP) is 3.40. The number of ether oxygens (including phenoxy) is 1. The molecular formula is C14H17ClN2O2. The molecule has 102 valence electrons. The van der Waals surface area contributed by atoms with Crippen LogP contribution in [0.5, 0.6) is 0 Å². The summed E-state index contributed by atoms with van der Waals surface area (Å²) >= 11 is 0. The summed E-state index contributed by atoms with van der Waals surface area (Å²) in [4.78, 5) is 14.6. The Morgan fingerprint density at radius 3 is 2.89 bits per heavy atom. The Morgan fingerprint density at radius 1 is 1.32 bits per heavy atom. The van der Waals surface area contributed by atoms with Gasteiger partial charge in [0.1, 0.15) is 6.61 Å². The first-order chi connectivity index (χ1) is 8.56. The summed E-state index contributed by atoms with van der Waals surface area (Å²) in [6, 6.07) is 8.23. The van der Waals surface area contributed by atoms with E-state index in [-0.39, 0.29) is 30.0 Å². The highest BCUT2D eigenvalue weighted by atomic mass is 35.5. The summed E-state index contributed by atoms with van der Waals surface area (Å²) in [7, 11) is 0. The minimum absolute atomic E-state index is 0. The first kappa shape index (κ1) is 13.7. The Morgan fingerprint density at radius 2 is 2.11 bits per heavy atom. The van der Waals surface area contributed by atoms with E-state index in [9.17, 15) is 4.79 Å². The molecule has 1 aliphatic rings. The molecule has 1 aromatic carbocycles. The molecule has 5 heteroatoms. The van der Waals surface area contributed by atoms with Gasteiger partial charge in [0, 0.05) is 17.1 Å². The molecular weight excluding hydrogens is 264 g/mol. The number of fused-ring (bicyclic) bond motifs is 1. The molecule has 1 amide bonds. The minimum atomic E-state index is -0.339. The Kier molecular flexibility index (Phi) is 3.45. The number of hydrogen-bond donors (Lipinski definition) is 2. The van der Waals surface area contributed by atoms with E-state index in [2.05, 4.69) is 36.3 Å². The van der Waals surface area contributed by atoms with Crippen molar-refractivity contribution in [3.8, 4) is 0 Å². The van der Waals surface area contributed by atoms with Gasteiger partial charge < -0.3 is 15.0 Å². The van der Waals surface area contributed by atoms with Crippen LogP contribution < -0.4 is 5.32 Å². The fourth-order valence-electron chi connectivity index (χ4n) is 2.48. The molecule has 0 unspecified atom stereocenters. The Balaban J connectivity index is 0.00000133. The highest BCUT2D eigenvalue weighted by Gasteiger charge is 2.37. The van der Waals surface area contributed by atoms with E-state index in [1.54, 1.807) is 0 Å². The van der Waals surface area contributed by atoms with E-state index in [0.717, 1.165) is 16.5 Å². The van der Waals surface area contributed by atoms with E-state index < -0.39 is 0 Å². The van der Waals surface area contributed by atoms with Crippen LogP contribution in [0, 0.1) is 5.41 Å². The summed E-state index contributed by atoms with van der Waals surface area (Å²) in [6.07, 6.45) is 1.58. The number of carbonyl (C=O) groups is 1. The van der Waals surface area contributed by atoms with E-state index in [4.69, 9.17) is 4.74 Å². The number of rotatable bonds is 1. The fraction of sp³-hybridized carbons (Fsp3) is 0.357. The number of cyclic esters (lactones) is 1. The number of H-pyrrole nitrogens is 1. The van der Waals surface area contributed by atoms with Gasteiger partial charge in [-0.05, 0) is 29.1 Å². The number of aromatic nitrogens is 1. The van der Waals surface area contributed by atoms with Crippen molar-refractivity contribution in [2.75, 3.05) is 6.61 Å². The largest absolute Gasteiger partial charge is 0.449 e. The molecule has 4 nitrogen and oxygen atoms in total. The van der Waals surface area contributed by atoms with Gasteiger partial charge in [-0.3, -0.25) is 0 Å². The van der Waals surface area contributed by atoms with E-state index in [0.29, 0.717) is 6.61 Å². The summed E-state index contributed by atoms with van der Waals surface area (Å²) in [6.45, 7) is 4.63. The van der Waals surface area contributed by atoms with E-state index >= 15 is 0 Å². The molecule has 2 aromatic rings. The zero-order chi connectivity index (χ0) is 12.8. The maximum atomic E-state index is 11.4. The van der Waals surface area contributed by atoms with Crippen LogP contribution in [0.3, 0.4) is 0 Å². The molecule has 0 spiro atoms. The number of aromatic amines is 1. The smallest absolute Gasteiger partial charge is 0.407 e. The number of alkyl carbamates (subject to hydrolysis) is 1. The van der Waals surface area contributed by atoms with Gasteiger partial charge in [-0.25, -0.2) is 4.79 Å². The van der Waals surface area contributed by atoms with Gasteiger partial charge in [-0.2, -0.15) is 0 Å². The second-order valence-electron chi connectivity index (χ2n) is 5.47. The normalized spacial score (nSPS) is 21.4. The monoisotopic (exact) mass is 280 g/mol. The minimum Gasteiger partial charge on any atom is -0.449 e. The Hall–Kier alpha value is -1.68. The van der Waals surface area contributed by atoms with Crippen molar-refractivity contribution in [3.05, 3.63) is 36.0 Å². The van der Waals surface area contributed by atoms with Gasteiger partial charge >= 0.3 is 6.09 Å². The first-order valence-electron chi connectivity index (χ1n) is 6.07. The maximum absolute atomic E-state index is 11.4. The van der Waals surface area contributed by atoms with Gasteiger partial charge in [0.2, 0.25) is 0 Å². The van der Waals surface area contributed by atoms with E-state index in [1.165, 1.54) is 0 Å². The molecule has 0 radical (unpaired) electrons. The van der Waals surface area contributed by atoms with Gasteiger partial charge in [0.25, 0.3) is 0 Å². The van der Waals surface area contributed by atoms with Crippen molar-refractivity contribution in [2.45, 2.75) is 19.9 Å². The van der Waals surface area contributed by atoms with Crippen LogP contribution in [0.1, 0.15) is 25.5 Å². The van der Waals surface area contributed by atoms with Crippen LogP contribution in [0.4, 0.5) is 4.79 Å². The standard InChI is InChI=1S/C14H16N2O2.ClH/c1-14(2)8-18-13(17)16-12(14)10-3-4-11-9(7-10)5-6-15-11;/h3-7,12,15H,8H2,1-2H3,(H,16,17);1H/t12-;/m1./s1. The zero-order valence-corrected chi connectivity index (χ0v) is 11.7. The van der Waals surface area contributed by atoms with Crippen molar-refractivity contribution >= 4 is 29.4 Å². The molecule has 1 fully saturated rings. The SMILES string of the molecule is CC1(C)COC(=O)N[C@@H]1c1ccc2[nH]ccc2c1.Cl. The Bertz CT molecular complexity index is 606. The molecule has 1 aromatic heterocycles. The number of carbonyl (C=O) groups excluding carboxylic acids is 1. The molecule has 3 rings (SSSR count). The summed E-state index contributed by atoms with van der Waals surface area (Å²) in [5, 5.41) is 4.06. The molecule has 1 saturated heterocycles. The van der Waals surface area contributed by atoms with Crippen LogP contribution in [0.25, 0.3) is 10.9 Å². The quantitative estimate of drug-likeness (QED) is 0.841. The predicted molar refractivity (Wildman–Crippen MR) is 76.6 cm³/mol. The lowest BCUT2D eigenvalue weighted by atomic mass is 9.80. The van der Waals surface area contributed by atoms with Crippen LogP contribution in [0.15, 0.2) is 30.5 Å². The number of amides is 1. The van der Waals surface area contributed by atoms with Crippen LogP contribution in [0.2, 0.25) is 0 Å². The van der Waals surface area contributed by atoms with Crippen molar-refractivity contribution in [2.24, 2.45) is 5.41 Å². The first-order valence-corrected chi connectivity index (χ1v) is 6.07. The lowest BCUT2D eigenvalue weighted by molar-refractivity contribution is 0.0388. The third-order valence-corrected chi connectivity index (χ3v) is 3.53. The highest BCUT2D eigenvalue weighted by Crippen LogP contribution is 2.37. The average Bonchev–Trinajstić information content (AvgIpc) is 2.79. The second kappa shape index (κ2) is 4.78. The molecule has 2 heterocycles. The number of hydrogen-bond acceptors (Lipinski definition) is 2.